The molecule has 1 amide bonds. The van der Waals surface area contributed by atoms with Crippen molar-refractivity contribution < 1.29 is 9.90 Å². The molecule has 7 nitrogen and oxygen atoms in total. The summed E-state index contributed by atoms with van der Waals surface area (Å²) >= 11 is 0. The van der Waals surface area contributed by atoms with Gasteiger partial charge in [0.2, 0.25) is 0 Å². The number of rotatable bonds is 5. The summed E-state index contributed by atoms with van der Waals surface area (Å²) in [5.41, 5.74) is 1.85. The molecule has 2 heterocycles. The second-order valence-corrected chi connectivity index (χ2v) is 7.14. The van der Waals surface area contributed by atoms with Gasteiger partial charge in [0, 0.05) is 31.5 Å². The van der Waals surface area contributed by atoms with Crippen molar-refractivity contribution in [2.75, 3.05) is 18.1 Å². The van der Waals surface area contributed by atoms with Crippen LogP contribution >= 0.6 is 0 Å². The maximum absolute atomic E-state index is 12.7. The van der Waals surface area contributed by atoms with Gasteiger partial charge in [0.1, 0.15) is 6.04 Å². The van der Waals surface area contributed by atoms with Crippen molar-refractivity contribution in [3.8, 4) is 6.07 Å². The normalized spacial score (nSPS) is 17.8. The van der Waals surface area contributed by atoms with E-state index in [-0.39, 0.29) is 24.0 Å². The van der Waals surface area contributed by atoms with E-state index in [1.807, 2.05) is 13.8 Å². The summed E-state index contributed by atoms with van der Waals surface area (Å²) in [6.07, 6.45) is 3.05. The monoisotopic (exact) mass is 339 g/mol. The van der Waals surface area contributed by atoms with Crippen LogP contribution in [0.1, 0.15) is 37.6 Å². The number of hydrogen-bond acceptors (Lipinski definition) is 5. The highest BCUT2D eigenvalue weighted by Gasteiger charge is 2.35. The number of carbonyl (C=O) groups excluding carboxylic acids is 1. The fraction of sp³-hybridized carbons (Fsp3) is 0.444. The molecule has 1 aromatic carbocycles. The Hall–Kier alpha value is -2.72. The Bertz CT molecular complexity index is 804. The SMILES string of the molecule is CC(C)(CO)Cc1cn(C2CCN(c3ccc(C#N)cc3)C2=O)nn1. The van der Waals surface area contributed by atoms with Crippen molar-refractivity contribution >= 4 is 11.6 Å². The van der Waals surface area contributed by atoms with E-state index in [4.69, 9.17) is 5.26 Å². The Morgan fingerprint density at radius 1 is 1.36 bits per heavy atom. The van der Waals surface area contributed by atoms with Crippen LogP contribution in [0, 0.1) is 16.7 Å². The summed E-state index contributed by atoms with van der Waals surface area (Å²) < 4.78 is 1.62. The number of aliphatic hydroxyl groups excluding tert-OH is 1. The Balaban J connectivity index is 1.74. The van der Waals surface area contributed by atoms with Gasteiger partial charge in [0.15, 0.2) is 0 Å². The van der Waals surface area contributed by atoms with Crippen molar-refractivity contribution in [1.82, 2.24) is 15.0 Å². The molecule has 0 saturated carbocycles. The largest absolute Gasteiger partial charge is 0.396 e. The quantitative estimate of drug-likeness (QED) is 0.894. The van der Waals surface area contributed by atoms with E-state index in [9.17, 15) is 9.90 Å². The standard InChI is InChI=1S/C18H21N5O2/c1-18(2,12-24)9-14-11-23(21-20-14)16-7-8-22(17(16)25)15-5-3-13(10-19)4-6-15/h3-6,11,16,24H,7-9,12H2,1-2H3. The molecule has 130 valence electrons. The molecule has 1 N–H and O–H groups in total. The van der Waals surface area contributed by atoms with E-state index >= 15 is 0 Å². The predicted molar refractivity (Wildman–Crippen MR) is 91.8 cm³/mol. The third kappa shape index (κ3) is 3.54. The molecule has 1 aliphatic heterocycles. The van der Waals surface area contributed by atoms with Crippen molar-refractivity contribution in [2.45, 2.75) is 32.7 Å². The van der Waals surface area contributed by atoms with E-state index in [1.165, 1.54) is 0 Å². The van der Waals surface area contributed by atoms with Crippen LogP contribution in [0.2, 0.25) is 0 Å². The van der Waals surface area contributed by atoms with Gasteiger partial charge >= 0.3 is 0 Å². The first-order valence-electron chi connectivity index (χ1n) is 8.27. The molecular formula is C18H21N5O2. The average molecular weight is 339 g/mol. The Morgan fingerprint density at radius 2 is 2.08 bits per heavy atom. The lowest BCUT2D eigenvalue weighted by Gasteiger charge is -2.19. The minimum Gasteiger partial charge on any atom is -0.396 e. The molecule has 0 bridgehead atoms. The van der Waals surface area contributed by atoms with Crippen LogP contribution in [0.5, 0.6) is 0 Å². The molecule has 7 heteroatoms. The smallest absolute Gasteiger partial charge is 0.251 e. The number of nitriles is 1. The summed E-state index contributed by atoms with van der Waals surface area (Å²) in [5, 5.41) is 26.5. The summed E-state index contributed by atoms with van der Waals surface area (Å²) in [4.78, 5) is 14.5. The number of aromatic nitrogens is 3. The van der Waals surface area contributed by atoms with Crippen molar-refractivity contribution in [1.29, 1.82) is 5.26 Å². The fourth-order valence-electron chi connectivity index (χ4n) is 2.98. The number of benzene rings is 1. The summed E-state index contributed by atoms with van der Waals surface area (Å²) in [7, 11) is 0. The fourth-order valence-corrected chi connectivity index (χ4v) is 2.98. The number of nitrogens with zero attached hydrogens (tertiary/aromatic N) is 5. The number of hydrogen-bond donors (Lipinski definition) is 1. The van der Waals surface area contributed by atoms with Gasteiger partial charge in [-0.05, 0) is 36.1 Å². The summed E-state index contributed by atoms with van der Waals surface area (Å²) in [6, 6.07) is 8.70. The first-order chi connectivity index (χ1) is 11.9. The minimum absolute atomic E-state index is 0.0254. The molecule has 1 unspecified atom stereocenters. The van der Waals surface area contributed by atoms with Crippen LogP contribution in [-0.2, 0) is 11.2 Å². The number of amides is 1. The molecule has 1 aromatic heterocycles. The van der Waals surface area contributed by atoms with E-state index in [0.717, 1.165) is 11.4 Å². The van der Waals surface area contributed by atoms with E-state index < -0.39 is 0 Å². The van der Waals surface area contributed by atoms with Crippen LogP contribution in [0.4, 0.5) is 5.69 Å². The first kappa shape index (κ1) is 17.1. The van der Waals surface area contributed by atoms with Gasteiger partial charge in [0.05, 0.1) is 17.3 Å². The van der Waals surface area contributed by atoms with E-state index in [2.05, 4.69) is 16.4 Å². The molecule has 0 spiro atoms. The zero-order valence-corrected chi connectivity index (χ0v) is 14.4. The average Bonchev–Trinajstić information content (AvgIpc) is 3.21. The topological polar surface area (TPSA) is 95.0 Å². The molecule has 25 heavy (non-hydrogen) atoms. The van der Waals surface area contributed by atoms with Crippen LogP contribution in [0.3, 0.4) is 0 Å². The Morgan fingerprint density at radius 3 is 2.72 bits per heavy atom. The molecule has 1 aliphatic rings. The molecular weight excluding hydrogens is 318 g/mol. The van der Waals surface area contributed by atoms with Crippen LogP contribution in [0.15, 0.2) is 30.5 Å². The van der Waals surface area contributed by atoms with E-state index in [0.29, 0.717) is 24.9 Å². The highest BCUT2D eigenvalue weighted by molar-refractivity contribution is 5.98. The molecule has 0 radical (unpaired) electrons. The molecule has 0 aliphatic carbocycles. The van der Waals surface area contributed by atoms with Crippen molar-refractivity contribution in [3.63, 3.8) is 0 Å². The van der Waals surface area contributed by atoms with Crippen molar-refractivity contribution in [2.24, 2.45) is 5.41 Å². The summed E-state index contributed by atoms with van der Waals surface area (Å²) in [5.74, 6) is -0.0254. The molecule has 1 atom stereocenters. The molecule has 2 aromatic rings. The molecule has 1 saturated heterocycles. The van der Waals surface area contributed by atoms with Crippen LogP contribution in [0.25, 0.3) is 0 Å². The van der Waals surface area contributed by atoms with Gasteiger partial charge < -0.3 is 10.0 Å². The second-order valence-electron chi connectivity index (χ2n) is 7.14. The lowest BCUT2D eigenvalue weighted by atomic mass is 9.89. The first-order valence-corrected chi connectivity index (χ1v) is 8.27. The van der Waals surface area contributed by atoms with Crippen LogP contribution < -0.4 is 4.90 Å². The predicted octanol–water partition coefficient (Wildman–Crippen LogP) is 1.69. The highest BCUT2D eigenvalue weighted by Crippen LogP contribution is 2.28. The zero-order valence-electron chi connectivity index (χ0n) is 14.4. The number of carbonyl (C=O) groups is 1. The summed E-state index contributed by atoms with van der Waals surface area (Å²) in [6.45, 7) is 4.58. The Kier molecular flexibility index (Phi) is 4.55. The van der Waals surface area contributed by atoms with Crippen LogP contribution in [-0.4, -0.2) is 39.2 Å². The van der Waals surface area contributed by atoms with E-state index in [1.54, 1.807) is 40.0 Å². The Labute approximate surface area is 146 Å². The maximum Gasteiger partial charge on any atom is 0.251 e. The van der Waals surface area contributed by atoms with Gasteiger partial charge in [-0.15, -0.1) is 5.10 Å². The highest BCUT2D eigenvalue weighted by atomic mass is 16.3. The van der Waals surface area contributed by atoms with Gasteiger partial charge in [-0.1, -0.05) is 19.1 Å². The van der Waals surface area contributed by atoms with Crippen molar-refractivity contribution in [3.05, 3.63) is 41.7 Å². The number of aliphatic hydroxyl groups is 1. The number of anilines is 1. The van der Waals surface area contributed by atoms with Gasteiger partial charge in [0.25, 0.3) is 5.91 Å². The maximum atomic E-state index is 12.7. The second kappa shape index (κ2) is 6.65. The van der Waals surface area contributed by atoms with Gasteiger partial charge in [-0.3, -0.25) is 4.79 Å². The molecule has 1 fully saturated rings. The van der Waals surface area contributed by atoms with Gasteiger partial charge in [-0.25, -0.2) is 4.68 Å². The third-order valence-electron chi connectivity index (χ3n) is 4.45. The van der Waals surface area contributed by atoms with Gasteiger partial charge in [-0.2, -0.15) is 5.26 Å². The minimum atomic E-state index is -0.367. The molecule has 3 rings (SSSR count). The lowest BCUT2D eigenvalue weighted by molar-refractivity contribution is -0.120. The zero-order chi connectivity index (χ0) is 18.0. The third-order valence-corrected chi connectivity index (χ3v) is 4.45. The lowest BCUT2D eigenvalue weighted by Crippen LogP contribution is -2.28.